The Bertz CT molecular complexity index is 550. The topological polar surface area (TPSA) is 73.3 Å². The number of hydrogen-bond acceptors (Lipinski definition) is 3. The number of amidine groups is 1. The molecule has 0 unspecified atom stereocenters. The van der Waals surface area contributed by atoms with Gasteiger partial charge in [-0.2, -0.15) is 5.10 Å². The molecule has 1 aromatic carbocycles. The van der Waals surface area contributed by atoms with Crippen molar-refractivity contribution in [3.8, 4) is 11.3 Å². The van der Waals surface area contributed by atoms with Crippen LogP contribution < -0.4 is 5.48 Å². The van der Waals surface area contributed by atoms with Crippen LogP contribution in [0, 0.1) is 0 Å². The summed E-state index contributed by atoms with van der Waals surface area (Å²) in [6, 6.07) is 9.20. The van der Waals surface area contributed by atoms with Crippen LogP contribution in [0.1, 0.15) is 6.92 Å². The molecular weight excluding hydrogens is 240 g/mol. The van der Waals surface area contributed by atoms with Gasteiger partial charge in [-0.1, -0.05) is 29.8 Å². The minimum atomic E-state index is 0.363. The van der Waals surface area contributed by atoms with Crippen LogP contribution in [-0.2, 0) is 0 Å². The van der Waals surface area contributed by atoms with Gasteiger partial charge in [-0.25, -0.2) is 4.99 Å². The first kappa shape index (κ1) is 11.6. The molecule has 0 atom stereocenters. The summed E-state index contributed by atoms with van der Waals surface area (Å²) in [6.45, 7) is 1.63. The summed E-state index contributed by atoms with van der Waals surface area (Å²) >= 11 is 6.07. The molecule has 5 nitrogen and oxygen atoms in total. The van der Waals surface area contributed by atoms with Gasteiger partial charge in [-0.3, -0.25) is 15.8 Å². The Hall–Kier alpha value is -1.85. The first-order chi connectivity index (χ1) is 8.20. The number of aromatic amines is 1. The van der Waals surface area contributed by atoms with E-state index in [0.29, 0.717) is 16.7 Å². The number of nitrogens with zero attached hydrogens (tertiary/aromatic N) is 2. The highest BCUT2D eigenvalue weighted by Crippen LogP contribution is 2.27. The van der Waals surface area contributed by atoms with Crippen LogP contribution in [0.3, 0.4) is 0 Å². The van der Waals surface area contributed by atoms with E-state index in [1.54, 1.807) is 19.1 Å². The zero-order valence-corrected chi connectivity index (χ0v) is 9.86. The number of nitrogens with one attached hydrogen (secondary N) is 2. The Morgan fingerprint density at radius 3 is 2.94 bits per heavy atom. The van der Waals surface area contributed by atoms with Crippen molar-refractivity contribution in [2.24, 2.45) is 4.99 Å². The number of aliphatic imine (C=N–C) groups is 1. The lowest BCUT2D eigenvalue weighted by Gasteiger charge is -1.98. The Kier molecular flexibility index (Phi) is 3.41. The molecule has 0 spiro atoms. The molecule has 0 radical (unpaired) electrons. The third-order valence-electron chi connectivity index (χ3n) is 2.17. The summed E-state index contributed by atoms with van der Waals surface area (Å²) in [5, 5.41) is 16.1. The minimum Gasteiger partial charge on any atom is -0.290 e. The maximum Gasteiger partial charge on any atom is 0.176 e. The van der Waals surface area contributed by atoms with Crippen molar-refractivity contribution in [3.63, 3.8) is 0 Å². The van der Waals surface area contributed by atoms with Gasteiger partial charge >= 0.3 is 0 Å². The van der Waals surface area contributed by atoms with Crippen LogP contribution in [0.2, 0.25) is 5.02 Å². The molecule has 0 amide bonds. The molecule has 0 saturated heterocycles. The number of hydrogen-bond donors (Lipinski definition) is 3. The SMILES string of the molecule is CC(=Nc1cc(-c2ccccc2Cl)[nH]n1)NO. The van der Waals surface area contributed by atoms with Crippen molar-refractivity contribution >= 4 is 23.3 Å². The molecule has 0 bridgehead atoms. The molecule has 0 saturated carbocycles. The fourth-order valence-corrected chi connectivity index (χ4v) is 1.62. The van der Waals surface area contributed by atoms with Crippen LogP contribution in [0.15, 0.2) is 35.3 Å². The minimum absolute atomic E-state index is 0.363. The molecule has 88 valence electrons. The second-order valence-electron chi connectivity index (χ2n) is 3.43. The van der Waals surface area contributed by atoms with E-state index in [9.17, 15) is 0 Å². The first-order valence-electron chi connectivity index (χ1n) is 4.96. The third kappa shape index (κ3) is 2.64. The summed E-state index contributed by atoms with van der Waals surface area (Å²) in [5.41, 5.74) is 3.58. The lowest BCUT2D eigenvalue weighted by molar-refractivity contribution is 0.234. The van der Waals surface area contributed by atoms with E-state index >= 15 is 0 Å². The predicted octanol–water partition coefficient (Wildman–Crippen LogP) is 2.76. The van der Waals surface area contributed by atoms with Crippen LogP contribution in [0.4, 0.5) is 5.82 Å². The largest absolute Gasteiger partial charge is 0.290 e. The van der Waals surface area contributed by atoms with E-state index in [4.69, 9.17) is 16.8 Å². The molecule has 1 heterocycles. The highest BCUT2D eigenvalue weighted by Gasteiger charge is 2.06. The lowest BCUT2D eigenvalue weighted by Crippen LogP contribution is -2.13. The molecule has 0 fully saturated rings. The Morgan fingerprint density at radius 1 is 1.47 bits per heavy atom. The zero-order chi connectivity index (χ0) is 12.3. The van der Waals surface area contributed by atoms with Crippen molar-refractivity contribution in [2.75, 3.05) is 0 Å². The quantitative estimate of drug-likeness (QED) is 0.436. The van der Waals surface area contributed by atoms with Gasteiger partial charge < -0.3 is 0 Å². The van der Waals surface area contributed by atoms with Crippen LogP contribution in [0.5, 0.6) is 0 Å². The van der Waals surface area contributed by atoms with Crippen molar-refractivity contribution in [1.82, 2.24) is 15.7 Å². The monoisotopic (exact) mass is 250 g/mol. The summed E-state index contributed by atoms with van der Waals surface area (Å²) < 4.78 is 0. The molecule has 0 aliphatic carbocycles. The molecule has 0 aliphatic rings. The van der Waals surface area contributed by atoms with E-state index in [1.807, 2.05) is 23.7 Å². The van der Waals surface area contributed by atoms with E-state index < -0.39 is 0 Å². The van der Waals surface area contributed by atoms with E-state index in [-0.39, 0.29) is 0 Å². The van der Waals surface area contributed by atoms with Gasteiger partial charge in [0.05, 0.1) is 5.69 Å². The van der Waals surface area contributed by atoms with Gasteiger partial charge in [0, 0.05) is 16.7 Å². The number of H-pyrrole nitrogens is 1. The van der Waals surface area contributed by atoms with Crippen molar-refractivity contribution in [2.45, 2.75) is 6.92 Å². The maximum atomic E-state index is 8.62. The number of halogens is 1. The highest BCUT2D eigenvalue weighted by molar-refractivity contribution is 6.33. The third-order valence-corrected chi connectivity index (χ3v) is 2.50. The number of hydroxylamine groups is 1. The second-order valence-corrected chi connectivity index (χ2v) is 3.84. The Labute approximate surface area is 103 Å². The zero-order valence-electron chi connectivity index (χ0n) is 9.11. The average molecular weight is 251 g/mol. The Morgan fingerprint density at radius 2 is 2.24 bits per heavy atom. The first-order valence-corrected chi connectivity index (χ1v) is 5.34. The lowest BCUT2D eigenvalue weighted by atomic mass is 10.1. The molecule has 0 aliphatic heterocycles. The predicted molar refractivity (Wildman–Crippen MR) is 66.7 cm³/mol. The molecule has 17 heavy (non-hydrogen) atoms. The van der Waals surface area contributed by atoms with Crippen molar-refractivity contribution in [1.29, 1.82) is 0 Å². The molecule has 1 aromatic heterocycles. The number of rotatable bonds is 2. The molecule has 2 rings (SSSR count). The van der Waals surface area contributed by atoms with Gasteiger partial charge in [0.2, 0.25) is 0 Å². The van der Waals surface area contributed by atoms with Gasteiger partial charge in [0.15, 0.2) is 5.82 Å². The smallest absolute Gasteiger partial charge is 0.176 e. The van der Waals surface area contributed by atoms with Crippen molar-refractivity contribution < 1.29 is 5.21 Å². The number of aromatic nitrogens is 2. The highest BCUT2D eigenvalue weighted by atomic mass is 35.5. The molecular formula is C11H11ClN4O. The standard InChI is InChI=1S/C11H11ClN4O/c1-7(16-17)13-11-6-10(14-15-11)8-4-2-3-5-9(8)12/h2-6,17H,1H3,(H2,13,14,15,16). The van der Waals surface area contributed by atoms with Gasteiger partial charge in [-0.15, -0.1) is 0 Å². The number of benzene rings is 1. The maximum absolute atomic E-state index is 8.62. The van der Waals surface area contributed by atoms with Crippen LogP contribution in [0.25, 0.3) is 11.3 Å². The van der Waals surface area contributed by atoms with Crippen molar-refractivity contribution in [3.05, 3.63) is 35.4 Å². The normalized spacial score (nSPS) is 11.6. The summed E-state index contributed by atoms with van der Waals surface area (Å²) in [7, 11) is 0. The van der Waals surface area contributed by atoms with Crippen LogP contribution in [-0.4, -0.2) is 21.2 Å². The van der Waals surface area contributed by atoms with E-state index in [2.05, 4.69) is 15.2 Å². The van der Waals surface area contributed by atoms with Gasteiger partial charge in [0.1, 0.15) is 5.84 Å². The van der Waals surface area contributed by atoms with E-state index in [0.717, 1.165) is 11.3 Å². The summed E-state index contributed by atoms with van der Waals surface area (Å²) in [4.78, 5) is 4.02. The van der Waals surface area contributed by atoms with Gasteiger partial charge in [0.25, 0.3) is 0 Å². The second kappa shape index (κ2) is 4.99. The molecule has 6 heteroatoms. The average Bonchev–Trinajstić information content (AvgIpc) is 2.78. The fraction of sp³-hybridized carbons (Fsp3) is 0.0909. The summed E-state index contributed by atoms with van der Waals surface area (Å²) in [6.07, 6.45) is 0. The molecule has 3 N–H and O–H groups in total. The van der Waals surface area contributed by atoms with Crippen LogP contribution >= 0.6 is 11.6 Å². The summed E-state index contributed by atoms with van der Waals surface area (Å²) in [5.74, 6) is 0.834. The van der Waals surface area contributed by atoms with Gasteiger partial charge in [-0.05, 0) is 13.0 Å². The Balaban J connectivity index is 2.34. The van der Waals surface area contributed by atoms with E-state index in [1.165, 1.54) is 0 Å². The molecule has 2 aromatic rings. The fourth-order valence-electron chi connectivity index (χ4n) is 1.38.